The van der Waals surface area contributed by atoms with E-state index in [-0.39, 0.29) is 0 Å². The van der Waals surface area contributed by atoms with Crippen LogP contribution in [0.25, 0.3) is 0 Å². The van der Waals surface area contributed by atoms with Gasteiger partial charge in [0.05, 0.1) is 11.9 Å². The van der Waals surface area contributed by atoms with Gasteiger partial charge < -0.3 is 4.74 Å². The number of ketones is 1. The monoisotopic (exact) mass is 256 g/mol. The summed E-state index contributed by atoms with van der Waals surface area (Å²) in [6.07, 6.45) is 11.1. The van der Waals surface area contributed by atoms with Crippen LogP contribution in [0.15, 0.2) is 0 Å². The number of hydrogen-bond acceptors (Lipinski definition) is 3. The molecule has 1 atom stereocenters. The van der Waals surface area contributed by atoms with E-state index in [1.54, 1.807) is 0 Å². The van der Waals surface area contributed by atoms with Crippen LogP contribution in [0.2, 0.25) is 0 Å². The molecule has 1 aliphatic heterocycles. The van der Waals surface area contributed by atoms with Gasteiger partial charge in [0.1, 0.15) is 5.78 Å². The van der Waals surface area contributed by atoms with Crippen molar-refractivity contribution < 1.29 is 9.53 Å². The number of rotatable bonds is 6. The summed E-state index contributed by atoms with van der Waals surface area (Å²) in [4.78, 5) is 11.8. The summed E-state index contributed by atoms with van der Waals surface area (Å²) >= 11 is 1.90. The first kappa shape index (κ1) is 13.4. The van der Waals surface area contributed by atoms with Crippen LogP contribution in [0.1, 0.15) is 57.8 Å². The Balaban J connectivity index is 1.53. The Morgan fingerprint density at radius 2 is 1.94 bits per heavy atom. The Labute approximate surface area is 109 Å². The summed E-state index contributed by atoms with van der Waals surface area (Å²) in [5.74, 6) is 1.16. The molecule has 0 amide bonds. The van der Waals surface area contributed by atoms with E-state index in [1.165, 1.54) is 38.5 Å². The van der Waals surface area contributed by atoms with Crippen LogP contribution in [0.4, 0.5) is 0 Å². The first-order chi connectivity index (χ1) is 8.34. The number of carbonyl (C=O) groups excluding carboxylic acids is 1. The molecular weight excluding hydrogens is 232 g/mol. The number of carbonyl (C=O) groups is 1. The molecule has 2 rings (SSSR count). The van der Waals surface area contributed by atoms with Gasteiger partial charge in [0.2, 0.25) is 0 Å². The van der Waals surface area contributed by atoms with E-state index in [1.807, 2.05) is 11.8 Å². The average molecular weight is 256 g/mol. The van der Waals surface area contributed by atoms with Gasteiger partial charge in [0, 0.05) is 18.3 Å². The Morgan fingerprint density at radius 1 is 1.12 bits per heavy atom. The van der Waals surface area contributed by atoms with Gasteiger partial charge in [0.25, 0.3) is 0 Å². The van der Waals surface area contributed by atoms with Gasteiger partial charge >= 0.3 is 0 Å². The lowest BCUT2D eigenvalue weighted by Gasteiger charge is -2.20. The average Bonchev–Trinajstić information content (AvgIpc) is 2.88. The van der Waals surface area contributed by atoms with Crippen molar-refractivity contribution >= 4 is 17.5 Å². The predicted octanol–water partition coefficient (Wildman–Crippen LogP) is 3.58. The SMILES string of the molecule is O=C(CCC1CCCO1)CSC1CCCCC1. The molecule has 0 aromatic rings. The van der Waals surface area contributed by atoms with E-state index in [9.17, 15) is 4.79 Å². The van der Waals surface area contributed by atoms with Crippen LogP contribution < -0.4 is 0 Å². The van der Waals surface area contributed by atoms with Crippen molar-refractivity contribution in [2.24, 2.45) is 0 Å². The highest BCUT2D eigenvalue weighted by atomic mass is 32.2. The van der Waals surface area contributed by atoms with E-state index < -0.39 is 0 Å². The first-order valence-electron chi connectivity index (χ1n) is 7.09. The number of hydrogen-bond donors (Lipinski definition) is 0. The van der Waals surface area contributed by atoms with Crippen molar-refractivity contribution in [2.45, 2.75) is 69.1 Å². The van der Waals surface area contributed by atoms with Crippen molar-refractivity contribution in [1.29, 1.82) is 0 Å². The van der Waals surface area contributed by atoms with E-state index in [4.69, 9.17) is 4.74 Å². The molecule has 0 bridgehead atoms. The summed E-state index contributed by atoms with van der Waals surface area (Å²) < 4.78 is 5.54. The van der Waals surface area contributed by atoms with E-state index >= 15 is 0 Å². The lowest BCUT2D eigenvalue weighted by molar-refractivity contribution is -0.117. The molecule has 1 heterocycles. The zero-order valence-corrected chi connectivity index (χ0v) is 11.5. The van der Waals surface area contributed by atoms with Crippen LogP contribution in [0.3, 0.4) is 0 Å². The maximum absolute atomic E-state index is 11.8. The van der Waals surface area contributed by atoms with E-state index in [0.29, 0.717) is 11.9 Å². The molecule has 1 unspecified atom stereocenters. The summed E-state index contributed by atoms with van der Waals surface area (Å²) in [5, 5.41) is 0.760. The normalized spacial score (nSPS) is 26.2. The second-order valence-electron chi connectivity index (χ2n) is 5.28. The summed E-state index contributed by atoms with van der Waals surface area (Å²) in [6, 6.07) is 0. The van der Waals surface area contributed by atoms with Gasteiger partial charge in [-0.15, -0.1) is 0 Å². The van der Waals surface area contributed by atoms with Crippen LogP contribution in [-0.2, 0) is 9.53 Å². The smallest absolute Gasteiger partial charge is 0.142 e. The number of thioether (sulfide) groups is 1. The van der Waals surface area contributed by atoms with Crippen LogP contribution in [0.5, 0.6) is 0 Å². The molecular formula is C14H24O2S. The fourth-order valence-electron chi connectivity index (χ4n) is 2.71. The molecule has 3 heteroatoms. The zero-order valence-electron chi connectivity index (χ0n) is 10.7. The maximum Gasteiger partial charge on any atom is 0.142 e. The van der Waals surface area contributed by atoms with Gasteiger partial charge in [0.15, 0.2) is 0 Å². The van der Waals surface area contributed by atoms with Gasteiger partial charge in [-0.2, -0.15) is 11.8 Å². The number of ether oxygens (including phenoxy) is 1. The molecule has 0 aromatic carbocycles. The van der Waals surface area contributed by atoms with Gasteiger partial charge in [-0.1, -0.05) is 19.3 Å². The largest absolute Gasteiger partial charge is 0.378 e. The van der Waals surface area contributed by atoms with Crippen molar-refractivity contribution in [3.8, 4) is 0 Å². The Kier molecular flexibility index (Phi) is 5.86. The van der Waals surface area contributed by atoms with Crippen molar-refractivity contribution in [2.75, 3.05) is 12.4 Å². The van der Waals surface area contributed by atoms with E-state index in [2.05, 4.69) is 0 Å². The Morgan fingerprint density at radius 3 is 2.65 bits per heavy atom. The highest BCUT2D eigenvalue weighted by Crippen LogP contribution is 2.28. The third-order valence-electron chi connectivity index (χ3n) is 3.80. The summed E-state index contributed by atoms with van der Waals surface area (Å²) in [6.45, 7) is 0.898. The Bertz CT molecular complexity index is 230. The fraction of sp³-hybridized carbons (Fsp3) is 0.929. The zero-order chi connectivity index (χ0) is 11.9. The van der Waals surface area contributed by atoms with Crippen LogP contribution in [-0.4, -0.2) is 29.5 Å². The minimum Gasteiger partial charge on any atom is -0.378 e. The molecule has 2 nitrogen and oxygen atoms in total. The molecule has 98 valence electrons. The van der Waals surface area contributed by atoms with Crippen LogP contribution in [0, 0.1) is 0 Å². The molecule has 2 aliphatic rings. The van der Waals surface area contributed by atoms with Crippen molar-refractivity contribution in [1.82, 2.24) is 0 Å². The molecule has 0 radical (unpaired) electrons. The predicted molar refractivity (Wildman–Crippen MR) is 72.5 cm³/mol. The van der Waals surface area contributed by atoms with Gasteiger partial charge in [-0.05, 0) is 32.1 Å². The van der Waals surface area contributed by atoms with E-state index in [0.717, 1.165) is 36.9 Å². The second kappa shape index (κ2) is 7.42. The van der Waals surface area contributed by atoms with Crippen molar-refractivity contribution in [3.05, 3.63) is 0 Å². The molecule has 2 fully saturated rings. The molecule has 1 saturated heterocycles. The highest BCUT2D eigenvalue weighted by Gasteiger charge is 2.18. The summed E-state index contributed by atoms with van der Waals surface area (Å²) in [5.41, 5.74) is 0. The minimum absolute atomic E-state index is 0.374. The third kappa shape index (κ3) is 5.01. The molecule has 0 spiro atoms. The molecule has 1 aliphatic carbocycles. The molecule has 0 aromatic heterocycles. The third-order valence-corrected chi connectivity index (χ3v) is 5.23. The standard InChI is InChI=1S/C14H24O2S/c15-12(8-9-13-5-4-10-16-13)11-17-14-6-2-1-3-7-14/h13-14H,1-11H2. The van der Waals surface area contributed by atoms with Gasteiger partial charge in [-0.3, -0.25) is 4.79 Å². The molecule has 1 saturated carbocycles. The van der Waals surface area contributed by atoms with Gasteiger partial charge in [-0.25, -0.2) is 0 Å². The lowest BCUT2D eigenvalue weighted by atomic mass is 10.0. The Hall–Kier alpha value is -0.0200. The molecule has 0 N–H and O–H groups in total. The van der Waals surface area contributed by atoms with Crippen LogP contribution >= 0.6 is 11.8 Å². The van der Waals surface area contributed by atoms with Crippen molar-refractivity contribution in [3.63, 3.8) is 0 Å². The quantitative estimate of drug-likeness (QED) is 0.726. The minimum atomic E-state index is 0.374. The fourth-order valence-corrected chi connectivity index (χ4v) is 3.94. The topological polar surface area (TPSA) is 26.3 Å². The highest BCUT2D eigenvalue weighted by molar-refractivity contribution is 8.00. The first-order valence-corrected chi connectivity index (χ1v) is 8.14. The lowest BCUT2D eigenvalue weighted by Crippen LogP contribution is -2.14. The second-order valence-corrected chi connectivity index (χ2v) is 6.57. The summed E-state index contributed by atoms with van der Waals surface area (Å²) in [7, 11) is 0. The number of Topliss-reactive ketones (excluding diaryl/α,β-unsaturated/α-hetero) is 1. The molecule has 17 heavy (non-hydrogen) atoms. The maximum atomic E-state index is 11.8.